The van der Waals surface area contributed by atoms with Gasteiger partial charge in [-0.05, 0) is 50.9 Å². The summed E-state index contributed by atoms with van der Waals surface area (Å²) in [5, 5.41) is 3.36. The number of nitrogens with zero attached hydrogens (tertiary/aromatic N) is 2. The maximum atomic E-state index is 13.0. The SMILES string of the molecule is O=C(N1CCCC1)C1(c2ccccn2)CCNCC1. The molecule has 4 heteroatoms. The molecule has 0 atom stereocenters. The van der Waals surface area contributed by atoms with Crippen LogP contribution in [0.3, 0.4) is 0 Å². The monoisotopic (exact) mass is 259 g/mol. The fourth-order valence-corrected chi connectivity index (χ4v) is 3.30. The molecule has 0 aliphatic carbocycles. The molecule has 2 aliphatic heterocycles. The van der Waals surface area contributed by atoms with Crippen molar-refractivity contribution in [2.24, 2.45) is 0 Å². The predicted octanol–water partition coefficient (Wildman–Crippen LogP) is 1.33. The Hall–Kier alpha value is -1.42. The summed E-state index contributed by atoms with van der Waals surface area (Å²) in [4.78, 5) is 19.5. The Morgan fingerprint density at radius 1 is 1.21 bits per heavy atom. The van der Waals surface area contributed by atoms with Crippen molar-refractivity contribution in [1.29, 1.82) is 0 Å². The maximum absolute atomic E-state index is 13.0. The minimum absolute atomic E-state index is 0.296. The Morgan fingerprint density at radius 3 is 2.58 bits per heavy atom. The first-order valence-electron chi connectivity index (χ1n) is 7.24. The second kappa shape index (κ2) is 5.29. The van der Waals surface area contributed by atoms with Gasteiger partial charge in [0.25, 0.3) is 0 Å². The zero-order valence-corrected chi connectivity index (χ0v) is 11.3. The van der Waals surface area contributed by atoms with Gasteiger partial charge in [-0.3, -0.25) is 9.78 Å². The maximum Gasteiger partial charge on any atom is 0.234 e. The topological polar surface area (TPSA) is 45.2 Å². The molecule has 0 bridgehead atoms. The summed E-state index contributed by atoms with van der Waals surface area (Å²) in [6.45, 7) is 3.63. The molecule has 2 saturated heterocycles. The van der Waals surface area contributed by atoms with Crippen LogP contribution in [-0.4, -0.2) is 42.0 Å². The van der Waals surface area contributed by atoms with Crippen LogP contribution in [0.2, 0.25) is 0 Å². The van der Waals surface area contributed by atoms with Gasteiger partial charge in [0.05, 0.1) is 11.1 Å². The zero-order valence-electron chi connectivity index (χ0n) is 11.3. The van der Waals surface area contributed by atoms with Crippen LogP contribution < -0.4 is 5.32 Å². The molecule has 2 fully saturated rings. The number of aromatic nitrogens is 1. The van der Waals surface area contributed by atoms with Crippen molar-refractivity contribution >= 4 is 5.91 Å². The molecule has 2 aliphatic rings. The summed E-state index contributed by atoms with van der Waals surface area (Å²) in [6, 6.07) is 5.92. The molecule has 3 rings (SSSR count). The predicted molar refractivity (Wildman–Crippen MR) is 73.8 cm³/mol. The van der Waals surface area contributed by atoms with E-state index < -0.39 is 5.41 Å². The lowest BCUT2D eigenvalue weighted by molar-refractivity contribution is -0.137. The van der Waals surface area contributed by atoms with Gasteiger partial charge in [0, 0.05) is 19.3 Å². The van der Waals surface area contributed by atoms with Gasteiger partial charge >= 0.3 is 0 Å². The summed E-state index contributed by atoms with van der Waals surface area (Å²) in [5.41, 5.74) is 0.560. The van der Waals surface area contributed by atoms with Gasteiger partial charge in [0.1, 0.15) is 0 Å². The molecular weight excluding hydrogens is 238 g/mol. The quantitative estimate of drug-likeness (QED) is 0.871. The van der Waals surface area contributed by atoms with Crippen LogP contribution in [0.5, 0.6) is 0 Å². The van der Waals surface area contributed by atoms with Crippen molar-refractivity contribution < 1.29 is 4.79 Å². The molecule has 102 valence electrons. The number of nitrogens with one attached hydrogen (secondary N) is 1. The minimum atomic E-state index is -0.392. The number of likely N-dealkylation sites (tertiary alicyclic amines) is 1. The first kappa shape index (κ1) is 12.6. The van der Waals surface area contributed by atoms with Gasteiger partial charge in [0.15, 0.2) is 0 Å². The van der Waals surface area contributed by atoms with Crippen molar-refractivity contribution in [3.8, 4) is 0 Å². The van der Waals surface area contributed by atoms with Crippen molar-refractivity contribution in [3.63, 3.8) is 0 Å². The molecular formula is C15H21N3O. The number of carbonyl (C=O) groups is 1. The van der Waals surface area contributed by atoms with E-state index in [1.54, 1.807) is 6.20 Å². The fraction of sp³-hybridized carbons (Fsp3) is 0.600. The van der Waals surface area contributed by atoms with E-state index in [9.17, 15) is 4.79 Å². The third kappa shape index (κ3) is 2.25. The molecule has 19 heavy (non-hydrogen) atoms. The first-order valence-corrected chi connectivity index (χ1v) is 7.24. The highest BCUT2D eigenvalue weighted by atomic mass is 16.2. The Labute approximate surface area is 114 Å². The Balaban J connectivity index is 1.94. The lowest BCUT2D eigenvalue weighted by Gasteiger charge is -2.38. The standard InChI is InChI=1S/C15H21N3O/c19-14(18-11-3-4-12-18)15(6-9-16-10-7-15)13-5-1-2-8-17-13/h1-2,5,8,16H,3-4,6-7,9-12H2. The van der Waals surface area contributed by atoms with Gasteiger partial charge in [-0.2, -0.15) is 0 Å². The van der Waals surface area contributed by atoms with Crippen molar-refractivity contribution in [3.05, 3.63) is 30.1 Å². The van der Waals surface area contributed by atoms with Crippen molar-refractivity contribution in [1.82, 2.24) is 15.2 Å². The number of piperidine rings is 1. The van der Waals surface area contributed by atoms with E-state index in [4.69, 9.17) is 0 Å². The highest BCUT2D eigenvalue weighted by molar-refractivity contribution is 5.88. The Kier molecular flexibility index (Phi) is 3.51. The second-order valence-electron chi connectivity index (χ2n) is 5.55. The molecule has 1 N–H and O–H groups in total. The number of rotatable bonds is 2. The molecule has 0 spiro atoms. The van der Waals surface area contributed by atoms with Gasteiger partial charge in [-0.1, -0.05) is 6.07 Å². The van der Waals surface area contributed by atoms with Crippen LogP contribution in [0.15, 0.2) is 24.4 Å². The van der Waals surface area contributed by atoms with Gasteiger partial charge < -0.3 is 10.2 Å². The summed E-state index contributed by atoms with van der Waals surface area (Å²) < 4.78 is 0. The van der Waals surface area contributed by atoms with E-state index in [0.29, 0.717) is 5.91 Å². The molecule has 1 aromatic rings. The van der Waals surface area contributed by atoms with Crippen LogP contribution in [0, 0.1) is 0 Å². The van der Waals surface area contributed by atoms with E-state index >= 15 is 0 Å². The summed E-state index contributed by atoms with van der Waals surface area (Å²) in [6.07, 6.45) is 5.81. The van der Waals surface area contributed by atoms with E-state index in [1.807, 2.05) is 23.1 Å². The number of amides is 1. The average Bonchev–Trinajstić information content (AvgIpc) is 3.02. The molecule has 0 saturated carbocycles. The highest BCUT2D eigenvalue weighted by Gasteiger charge is 2.45. The average molecular weight is 259 g/mol. The van der Waals surface area contributed by atoms with E-state index in [0.717, 1.165) is 57.6 Å². The zero-order chi connectivity index (χ0) is 13.1. The van der Waals surface area contributed by atoms with E-state index in [-0.39, 0.29) is 0 Å². The fourth-order valence-electron chi connectivity index (χ4n) is 3.30. The second-order valence-corrected chi connectivity index (χ2v) is 5.55. The molecule has 1 amide bonds. The van der Waals surface area contributed by atoms with Crippen molar-refractivity contribution in [2.45, 2.75) is 31.1 Å². The third-order valence-corrected chi connectivity index (χ3v) is 4.41. The van der Waals surface area contributed by atoms with Crippen LogP contribution in [0.1, 0.15) is 31.4 Å². The van der Waals surface area contributed by atoms with Crippen LogP contribution in [-0.2, 0) is 10.2 Å². The Bertz CT molecular complexity index is 434. The lowest BCUT2D eigenvalue weighted by atomic mass is 9.74. The molecule has 3 heterocycles. The first-order chi connectivity index (χ1) is 9.33. The lowest BCUT2D eigenvalue weighted by Crippen LogP contribution is -2.51. The summed E-state index contributed by atoms with van der Waals surface area (Å²) in [5.74, 6) is 0.296. The normalized spacial score (nSPS) is 22.4. The molecule has 1 aromatic heterocycles. The number of pyridine rings is 1. The number of hydrogen-bond donors (Lipinski definition) is 1. The molecule has 0 radical (unpaired) electrons. The summed E-state index contributed by atoms with van der Waals surface area (Å²) >= 11 is 0. The molecule has 0 aromatic carbocycles. The van der Waals surface area contributed by atoms with Crippen LogP contribution in [0.4, 0.5) is 0 Å². The smallest absolute Gasteiger partial charge is 0.234 e. The minimum Gasteiger partial charge on any atom is -0.342 e. The van der Waals surface area contributed by atoms with Crippen molar-refractivity contribution in [2.75, 3.05) is 26.2 Å². The van der Waals surface area contributed by atoms with Gasteiger partial charge in [-0.25, -0.2) is 0 Å². The Morgan fingerprint density at radius 2 is 1.95 bits per heavy atom. The molecule has 4 nitrogen and oxygen atoms in total. The van der Waals surface area contributed by atoms with E-state index in [2.05, 4.69) is 10.3 Å². The number of carbonyl (C=O) groups excluding carboxylic acids is 1. The third-order valence-electron chi connectivity index (χ3n) is 4.41. The highest BCUT2D eigenvalue weighted by Crippen LogP contribution is 2.35. The van der Waals surface area contributed by atoms with Crippen LogP contribution in [0.25, 0.3) is 0 Å². The summed E-state index contributed by atoms with van der Waals surface area (Å²) in [7, 11) is 0. The van der Waals surface area contributed by atoms with Gasteiger partial charge in [-0.15, -0.1) is 0 Å². The van der Waals surface area contributed by atoms with E-state index in [1.165, 1.54) is 0 Å². The largest absolute Gasteiger partial charge is 0.342 e. The molecule has 0 unspecified atom stereocenters. The number of hydrogen-bond acceptors (Lipinski definition) is 3. The van der Waals surface area contributed by atoms with Crippen LogP contribution >= 0.6 is 0 Å². The van der Waals surface area contributed by atoms with Gasteiger partial charge in [0.2, 0.25) is 5.91 Å².